The van der Waals surface area contributed by atoms with E-state index in [1.54, 1.807) is 25.1 Å². The van der Waals surface area contributed by atoms with Crippen LogP contribution in [0.1, 0.15) is 18.9 Å². The van der Waals surface area contributed by atoms with E-state index in [0.29, 0.717) is 11.3 Å². The van der Waals surface area contributed by atoms with Crippen molar-refractivity contribution in [1.29, 1.82) is 0 Å². The standard InChI is InChI=1S/C12H15NO2S/c1-9(14)16-8-3-2-5-10-6-4-7-11(13)12(10)15/h2,4-7,15H,3,8,13H2,1H3. The van der Waals surface area contributed by atoms with Crippen molar-refractivity contribution >= 4 is 28.6 Å². The zero-order chi connectivity index (χ0) is 12.0. The van der Waals surface area contributed by atoms with E-state index in [4.69, 9.17) is 5.73 Å². The van der Waals surface area contributed by atoms with E-state index in [1.165, 1.54) is 11.8 Å². The summed E-state index contributed by atoms with van der Waals surface area (Å²) in [6.07, 6.45) is 4.52. The molecule has 0 unspecified atom stereocenters. The topological polar surface area (TPSA) is 63.3 Å². The van der Waals surface area contributed by atoms with E-state index in [-0.39, 0.29) is 10.9 Å². The van der Waals surface area contributed by atoms with Gasteiger partial charge in [0.25, 0.3) is 0 Å². The fourth-order valence-electron chi connectivity index (χ4n) is 1.20. The van der Waals surface area contributed by atoms with Gasteiger partial charge in [0.1, 0.15) is 5.75 Å². The smallest absolute Gasteiger partial charge is 0.185 e. The molecule has 4 heteroatoms. The van der Waals surface area contributed by atoms with E-state index >= 15 is 0 Å². The monoisotopic (exact) mass is 237 g/mol. The highest BCUT2D eigenvalue weighted by atomic mass is 32.2. The number of phenolic OH excluding ortho intramolecular Hbond substituents is 1. The molecule has 1 rings (SSSR count). The largest absolute Gasteiger partial charge is 0.505 e. The van der Waals surface area contributed by atoms with Crippen molar-refractivity contribution in [3.8, 4) is 5.75 Å². The Bertz CT molecular complexity index is 402. The summed E-state index contributed by atoms with van der Waals surface area (Å²) >= 11 is 1.30. The molecule has 0 aliphatic rings. The molecule has 0 aliphatic carbocycles. The molecule has 0 saturated heterocycles. The van der Waals surface area contributed by atoms with Crippen molar-refractivity contribution in [2.45, 2.75) is 13.3 Å². The van der Waals surface area contributed by atoms with E-state index in [0.717, 1.165) is 12.2 Å². The Morgan fingerprint density at radius 3 is 3.00 bits per heavy atom. The normalized spacial score (nSPS) is 10.8. The number of carbonyl (C=O) groups excluding carboxylic acids is 1. The number of benzene rings is 1. The van der Waals surface area contributed by atoms with Crippen molar-refractivity contribution in [2.24, 2.45) is 0 Å². The number of nitrogen functional groups attached to an aromatic ring is 1. The Balaban J connectivity index is 2.50. The summed E-state index contributed by atoms with van der Waals surface area (Å²) in [5, 5.41) is 9.73. The number of allylic oxidation sites excluding steroid dienone is 1. The van der Waals surface area contributed by atoms with E-state index in [2.05, 4.69) is 0 Å². The first-order valence-electron chi connectivity index (χ1n) is 4.98. The number of para-hydroxylation sites is 1. The number of carbonyl (C=O) groups is 1. The molecule has 1 aromatic carbocycles. The second kappa shape index (κ2) is 6.23. The van der Waals surface area contributed by atoms with Crippen LogP contribution in [0.15, 0.2) is 24.3 Å². The summed E-state index contributed by atoms with van der Waals surface area (Å²) in [5.41, 5.74) is 6.64. The highest BCUT2D eigenvalue weighted by Gasteiger charge is 1.99. The van der Waals surface area contributed by atoms with Gasteiger partial charge in [0, 0.05) is 18.2 Å². The lowest BCUT2D eigenvalue weighted by atomic mass is 10.1. The van der Waals surface area contributed by atoms with Crippen molar-refractivity contribution in [1.82, 2.24) is 0 Å². The van der Waals surface area contributed by atoms with Gasteiger partial charge in [0.15, 0.2) is 5.12 Å². The molecule has 0 fully saturated rings. The first-order chi connectivity index (χ1) is 7.61. The maximum atomic E-state index is 10.7. The number of rotatable bonds is 4. The van der Waals surface area contributed by atoms with Gasteiger partial charge in [-0.25, -0.2) is 0 Å². The Labute approximate surface area is 99.4 Å². The molecule has 0 radical (unpaired) electrons. The van der Waals surface area contributed by atoms with E-state index in [1.807, 2.05) is 12.2 Å². The van der Waals surface area contributed by atoms with Gasteiger partial charge >= 0.3 is 0 Å². The minimum Gasteiger partial charge on any atom is -0.505 e. The maximum Gasteiger partial charge on any atom is 0.185 e. The summed E-state index contributed by atoms with van der Waals surface area (Å²) in [5.74, 6) is 0.868. The zero-order valence-electron chi connectivity index (χ0n) is 9.14. The Kier molecular flexibility index (Phi) is 4.92. The van der Waals surface area contributed by atoms with E-state index < -0.39 is 0 Å². The van der Waals surface area contributed by atoms with Gasteiger partial charge in [0.2, 0.25) is 0 Å². The first kappa shape index (κ1) is 12.6. The quantitative estimate of drug-likeness (QED) is 0.480. The molecule has 86 valence electrons. The number of anilines is 1. The third-order valence-electron chi connectivity index (χ3n) is 1.99. The molecular weight excluding hydrogens is 222 g/mol. The Morgan fingerprint density at radius 1 is 1.56 bits per heavy atom. The van der Waals surface area contributed by atoms with E-state index in [9.17, 15) is 9.90 Å². The van der Waals surface area contributed by atoms with Crippen LogP contribution in [0.5, 0.6) is 5.75 Å². The minimum absolute atomic E-state index is 0.109. The lowest BCUT2D eigenvalue weighted by Crippen LogP contribution is -1.87. The molecule has 3 N–H and O–H groups in total. The second-order valence-corrected chi connectivity index (χ2v) is 4.59. The first-order valence-corrected chi connectivity index (χ1v) is 5.97. The van der Waals surface area contributed by atoms with Gasteiger partial charge in [-0.05, 0) is 12.5 Å². The fraction of sp³-hybridized carbons (Fsp3) is 0.250. The molecule has 0 spiro atoms. The third-order valence-corrected chi connectivity index (χ3v) is 2.83. The molecule has 0 aliphatic heterocycles. The second-order valence-electron chi connectivity index (χ2n) is 3.32. The molecule has 0 bridgehead atoms. The maximum absolute atomic E-state index is 10.7. The number of nitrogens with two attached hydrogens (primary N) is 1. The third kappa shape index (κ3) is 3.98. The average Bonchev–Trinajstić information content (AvgIpc) is 2.23. The summed E-state index contributed by atoms with van der Waals surface area (Å²) in [4.78, 5) is 10.7. The zero-order valence-corrected chi connectivity index (χ0v) is 9.96. The molecule has 0 aromatic heterocycles. The van der Waals surface area contributed by atoms with Crippen molar-refractivity contribution < 1.29 is 9.90 Å². The summed E-state index contributed by atoms with van der Waals surface area (Å²) in [7, 11) is 0. The molecule has 0 saturated carbocycles. The van der Waals surface area contributed by atoms with Crippen LogP contribution >= 0.6 is 11.8 Å². The van der Waals surface area contributed by atoms with Crippen LogP contribution in [0, 0.1) is 0 Å². The Morgan fingerprint density at radius 2 is 2.31 bits per heavy atom. The molecule has 0 heterocycles. The lowest BCUT2D eigenvalue weighted by molar-refractivity contribution is -0.109. The summed E-state index contributed by atoms with van der Waals surface area (Å²) in [6.45, 7) is 1.55. The molecule has 16 heavy (non-hydrogen) atoms. The molecule has 3 nitrogen and oxygen atoms in total. The molecular formula is C12H15NO2S. The van der Waals surface area contributed by atoms with Gasteiger partial charge in [-0.3, -0.25) is 4.79 Å². The van der Waals surface area contributed by atoms with Gasteiger partial charge in [-0.1, -0.05) is 36.0 Å². The van der Waals surface area contributed by atoms with Crippen LogP contribution in [0.25, 0.3) is 6.08 Å². The van der Waals surface area contributed by atoms with Crippen LogP contribution in [0.2, 0.25) is 0 Å². The minimum atomic E-state index is 0.109. The van der Waals surface area contributed by atoms with Crippen LogP contribution < -0.4 is 5.73 Å². The average molecular weight is 237 g/mol. The number of aromatic hydroxyl groups is 1. The van der Waals surface area contributed by atoms with Gasteiger partial charge in [0.05, 0.1) is 5.69 Å². The predicted molar refractivity (Wildman–Crippen MR) is 69.3 cm³/mol. The van der Waals surface area contributed by atoms with Crippen molar-refractivity contribution in [3.05, 3.63) is 29.8 Å². The lowest BCUT2D eigenvalue weighted by Gasteiger charge is -2.01. The number of hydrogen-bond acceptors (Lipinski definition) is 4. The number of thioether (sulfide) groups is 1. The van der Waals surface area contributed by atoms with Gasteiger partial charge in [-0.2, -0.15) is 0 Å². The van der Waals surface area contributed by atoms with Crippen LogP contribution in [-0.2, 0) is 4.79 Å². The van der Waals surface area contributed by atoms with Crippen molar-refractivity contribution in [2.75, 3.05) is 11.5 Å². The highest BCUT2D eigenvalue weighted by Crippen LogP contribution is 2.25. The Hall–Kier alpha value is -1.42. The number of hydrogen-bond donors (Lipinski definition) is 2. The van der Waals surface area contributed by atoms with Crippen LogP contribution in [0.3, 0.4) is 0 Å². The SMILES string of the molecule is CC(=O)SCCC=Cc1cccc(N)c1O. The summed E-state index contributed by atoms with van der Waals surface area (Å²) < 4.78 is 0. The molecule has 0 atom stereocenters. The molecule has 0 amide bonds. The van der Waals surface area contributed by atoms with Crippen LogP contribution in [-0.4, -0.2) is 16.0 Å². The van der Waals surface area contributed by atoms with Crippen LogP contribution in [0.4, 0.5) is 5.69 Å². The van der Waals surface area contributed by atoms with Gasteiger partial charge < -0.3 is 10.8 Å². The van der Waals surface area contributed by atoms with Gasteiger partial charge in [-0.15, -0.1) is 0 Å². The van der Waals surface area contributed by atoms with Crippen molar-refractivity contribution in [3.63, 3.8) is 0 Å². The number of phenols is 1. The summed E-state index contributed by atoms with van der Waals surface area (Å²) in [6, 6.07) is 5.23. The molecule has 1 aromatic rings. The fourth-order valence-corrected chi connectivity index (χ4v) is 1.74. The predicted octanol–water partition coefficient (Wildman–Crippen LogP) is 2.66. The highest BCUT2D eigenvalue weighted by molar-refractivity contribution is 8.13.